The Morgan fingerprint density at radius 1 is 0.485 bits per heavy atom. The average molecular weight is 469 g/mol. The molecule has 0 unspecified atom stereocenters. The van der Waals surface area contributed by atoms with E-state index in [0.29, 0.717) is 0 Å². The van der Waals surface area contributed by atoms with Gasteiger partial charge in [0, 0.05) is 0 Å². The van der Waals surface area contributed by atoms with Crippen molar-refractivity contribution in [3.63, 3.8) is 0 Å². The van der Waals surface area contributed by atoms with E-state index in [9.17, 15) is 10.2 Å². The molecule has 3 nitrogen and oxygen atoms in total. The summed E-state index contributed by atoms with van der Waals surface area (Å²) in [6.07, 6.45) is 29.2. The number of unbranched alkanes of at least 4 members (excludes halogenated alkanes) is 18. The summed E-state index contributed by atoms with van der Waals surface area (Å²) >= 11 is 0. The normalized spacial score (nSPS) is 20.4. The molecule has 0 aromatic rings. The molecule has 1 heterocycles. The lowest BCUT2D eigenvalue weighted by atomic mass is 10.00. The van der Waals surface area contributed by atoms with Crippen LogP contribution in [0.2, 0.25) is 0 Å². The van der Waals surface area contributed by atoms with Crippen molar-refractivity contribution in [2.24, 2.45) is 0 Å². The molecule has 0 radical (unpaired) electrons. The molecule has 1 rings (SSSR count). The maximum atomic E-state index is 10.5. The second kappa shape index (κ2) is 22.4. The van der Waals surface area contributed by atoms with E-state index >= 15 is 0 Å². The lowest BCUT2D eigenvalue weighted by Crippen LogP contribution is -2.31. The van der Waals surface area contributed by atoms with Crippen molar-refractivity contribution in [1.29, 1.82) is 0 Å². The van der Waals surface area contributed by atoms with E-state index in [-0.39, 0.29) is 24.4 Å². The third-order valence-corrected chi connectivity index (χ3v) is 7.65. The van der Waals surface area contributed by atoms with Gasteiger partial charge in [-0.2, -0.15) is 0 Å². The molecule has 1 aliphatic heterocycles. The van der Waals surface area contributed by atoms with Crippen molar-refractivity contribution < 1.29 is 14.9 Å². The van der Waals surface area contributed by atoms with Gasteiger partial charge in [0.05, 0.1) is 24.4 Å². The standard InChI is InChI=1S/C30H60O3/c1-3-5-7-9-11-13-15-17-19-21-23-27(31)29-25-26-30(33-29)28(32)24-22-20-18-16-14-12-10-8-6-4-2/h27-32H,3-26H2,1-2H3/t27-,28-,29-,30-/m1/s1. The second-order valence-corrected chi connectivity index (χ2v) is 10.9. The van der Waals surface area contributed by atoms with Gasteiger partial charge < -0.3 is 14.9 Å². The van der Waals surface area contributed by atoms with Crippen LogP contribution in [0, 0.1) is 0 Å². The van der Waals surface area contributed by atoms with Crippen molar-refractivity contribution in [3.05, 3.63) is 0 Å². The smallest absolute Gasteiger partial charge is 0.0840 e. The predicted octanol–water partition coefficient (Wildman–Crippen LogP) is 8.88. The van der Waals surface area contributed by atoms with Crippen molar-refractivity contribution in [3.8, 4) is 0 Å². The Morgan fingerprint density at radius 3 is 1.06 bits per heavy atom. The van der Waals surface area contributed by atoms with E-state index in [4.69, 9.17) is 4.74 Å². The van der Waals surface area contributed by atoms with Crippen LogP contribution in [0.5, 0.6) is 0 Å². The van der Waals surface area contributed by atoms with Crippen LogP contribution < -0.4 is 0 Å². The first kappa shape index (κ1) is 30.9. The Labute approximate surface area is 207 Å². The number of aliphatic hydroxyl groups is 2. The molecule has 3 heteroatoms. The minimum absolute atomic E-state index is 0.0593. The van der Waals surface area contributed by atoms with E-state index in [2.05, 4.69) is 13.8 Å². The third-order valence-electron chi connectivity index (χ3n) is 7.65. The summed E-state index contributed by atoms with van der Waals surface area (Å²) in [5.41, 5.74) is 0. The maximum Gasteiger partial charge on any atom is 0.0840 e. The minimum atomic E-state index is -0.353. The summed E-state index contributed by atoms with van der Waals surface area (Å²) < 4.78 is 6.07. The van der Waals surface area contributed by atoms with E-state index in [1.807, 2.05) is 0 Å². The Bertz CT molecular complexity index is 364. The van der Waals surface area contributed by atoms with Gasteiger partial charge in [-0.15, -0.1) is 0 Å². The first-order chi connectivity index (χ1) is 16.2. The van der Waals surface area contributed by atoms with Crippen LogP contribution in [0.3, 0.4) is 0 Å². The molecule has 0 aliphatic carbocycles. The lowest BCUT2D eigenvalue weighted by molar-refractivity contribution is -0.0786. The van der Waals surface area contributed by atoms with Crippen molar-refractivity contribution in [2.45, 2.75) is 192 Å². The number of rotatable bonds is 24. The summed E-state index contributed by atoms with van der Waals surface area (Å²) in [6.45, 7) is 4.54. The highest BCUT2D eigenvalue weighted by Crippen LogP contribution is 2.28. The monoisotopic (exact) mass is 468 g/mol. The molecule has 0 spiro atoms. The van der Waals surface area contributed by atoms with Gasteiger partial charge in [0.15, 0.2) is 0 Å². The van der Waals surface area contributed by atoms with E-state index in [0.717, 1.165) is 38.5 Å². The van der Waals surface area contributed by atoms with Crippen LogP contribution >= 0.6 is 0 Å². The Balaban J connectivity index is 1.94. The van der Waals surface area contributed by atoms with Gasteiger partial charge in [0.2, 0.25) is 0 Å². The molecule has 198 valence electrons. The number of ether oxygens (including phenoxy) is 1. The zero-order valence-corrected chi connectivity index (χ0v) is 22.6. The van der Waals surface area contributed by atoms with Gasteiger partial charge in [-0.1, -0.05) is 142 Å². The highest BCUT2D eigenvalue weighted by atomic mass is 16.5. The molecule has 0 saturated carbocycles. The fourth-order valence-electron chi connectivity index (χ4n) is 5.31. The molecule has 0 amide bonds. The zero-order chi connectivity index (χ0) is 24.0. The highest BCUT2D eigenvalue weighted by molar-refractivity contribution is 4.83. The van der Waals surface area contributed by atoms with E-state index in [1.165, 1.54) is 116 Å². The van der Waals surface area contributed by atoms with Crippen LogP contribution in [0.4, 0.5) is 0 Å². The first-order valence-electron chi connectivity index (χ1n) is 15.2. The molecular weight excluding hydrogens is 408 g/mol. The Hall–Kier alpha value is -0.120. The SMILES string of the molecule is CCCCCCCCCCCC[C@@H](O)[C@H]1CC[C@H]([C@H](O)CCCCCCCCCCCC)O1. The van der Waals surface area contributed by atoms with Gasteiger partial charge in [-0.05, 0) is 25.7 Å². The van der Waals surface area contributed by atoms with E-state index in [1.54, 1.807) is 0 Å². The summed E-state index contributed by atoms with van der Waals surface area (Å²) in [7, 11) is 0. The van der Waals surface area contributed by atoms with Crippen LogP contribution in [0.25, 0.3) is 0 Å². The van der Waals surface area contributed by atoms with Crippen LogP contribution in [0.15, 0.2) is 0 Å². The van der Waals surface area contributed by atoms with Crippen LogP contribution in [-0.4, -0.2) is 34.6 Å². The predicted molar refractivity (Wildman–Crippen MR) is 143 cm³/mol. The van der Waals surface area contributed by atoms with Crippen LogP contribution in [0.1, 0.15) is 168 Å². The summed E-state index contributed by atoms with van der Waals surface area (Å²) in [5, 5.41) is 21.1. The molecule has 1 aliphatic rings. The molecule has 1 fully saturated rings. The molecule has 0 bridgehead atoms. The number of hydrogen-bond donors (Lipinski definition) is 2. The summed E-state index contributed by atoms with van der Waals surface area (Å²) in [4.78, 5) is 0. The topological polar surface area (TPSA) is 49.7 Å². The van der Waals surface area contributed by atoms with Crippen molar-refractivity contribution >= 4 is 0 Å². The number of aliphatic hydroxyl groups excluding tert-OH is 2. The van der Waals surface area contributed by atoms with Crippen LogP contribution in [-0.2, 0) is 4.74 Å². The molecule has 2 N–H and O–H groups in total. The van der Waals surface area contributed by atoms with Gasteiger partial charge in [0.1, 0.15) is 0 Å². The van der Waals surface area contributed by atoms with Crippen molar-refractivity contribution in [2.75, 3.05) is 0 Å². The van der Waals surface area contributed by atoms with Gasteiger partial charge in [-0.3, -0.25) is 0 Å². The van der Waals surface area contributed by atoms with E-state index < -0.39 is 0 Å². The second-order valence-electron chi connectivity index (χ2n) is 10.9. The molecule has 33 heavy (non-hydrogen) atoms. The van der Waals surface area contributed by atoms with Crippen molar-refractivity contribution in [1.82, 2.24) is 0 Å². The fourth-order valence-corrected chi connectivity index (χ4v) is 5.31. The highest BCUT2D eigenvalue weighted by Gasteiger charge is 2.33. The molecule has 1 saturated heterocycles. The lowest BCUT2D eigenvalue weighted by Gasteiger charge is -2.22. The third kappa shape index (κ3) is 17.0. The summed E-state index contributed by atoms with van der Waals surface area (Å²) in [6, 6.07) is 0. The quantitative estimate of drug-likeness (QED) is 0.139. The number of hydrogen-bond acceptors (Lipinski definition) is 3. The largest absolute Gasteiger partial charge is 0.390 e. The molecular formula is C30H60O3. The molecule has 0 aromatic carbocycles. The molecule has 4 atom stereocenters. The Morgan fingerprint density at radius 2 is 0.758 bits per heavy atom. The van der Waals surface area contributed by atoms with Gasteiger partial charge in [-0.25, -0.2) is 0 Å². The first-order valence-corrected chi connectivity index (χ1v) is 15.2. The zero-order valence-electron chi connectivity index (χ0n) is 22.6. The minimum Gasteiger partial charge on any atom is -0.390 e. The van der Waals surface area contributed by atoms with Gasteiger partial charge >= 0.3 is 0 Å². The maximum absolute atomic E-state index is 10.5. The fraction of sp³-hybridized carbons (Fsp3) is 1.00. The van der Waals surface area contributed by atoms with Gasteiger partial charge in [0.25, 0.3) is 0 Å². The Kier molecular flexibility index (Phi) is 20.9. The summed E-state index contributed by atoms with van der Waals surface area (Å²) in [5.74, 6) is 0. The average Bonchev–Trinajstić information content (AvgIpc) is 3.32. The molecule has 0 aromatic heterocycles.